The van der Waals surface area contributed by atoms with Crippen LogP contribution < -0.4 is 0 Å². The van der Waals surface area contributed by atoms with Gasteiger partial charge >= 0.3 is 5.97 Å². The number of carbonyl (C=O) groups is 1. The van der Waals surface area contributed by atoms with Crippen LogP contribution in [0.25, 0.3) is 0 Å². The lowest BCUT2D eigenvalue weighted by Gasteiger charge is -2.05. The Morgan fingerprint density at radius 3 is 2.00 bits per heavy atom. The fourth-order valence-electron chi connectivity index (χ4n) is 3.34. The summed E-state index contributed by atoms with van der Waals surface area (Å²) in [4.78, 5) is 11.7. The summed E-state index contributed by atoms with van der Waals surface area (Å²) in [6.45, 7) is 2.76. The minimum Gasteiger partial charge on any atom is -0.465 e. The largest absolute Gasteiger partial charge is 0.465 e. The van der Waals surface area contributed by atoms with E-state index < -0.39 is 0 Å². The number of benzene rings is 1. The van der Waals surface area contributed by atoms with Crippen LogP contribution in [0, 0.1) is 0 Å². The van der Waals surface area contributed by atoms with Gasteiger partial charge in [0.2, 0.25) is 0 Å². The lowest BCUT2D eigenvalue weighted by molar-refractivity contribution is -0.143. The highest BCUT2D eigenvalue weighted by Crippen LogP contribution is 2.11. The Morgan fingerprint density at radius 1 is 0.786 bits per heavy atom. The van der Waals surface area contributed by atoms with Crippen molar-refractivity contribution >= 4 is 5.97 Å². The molecule has 2 nitrogen and oxygen atoms in total. The van der Waals surface area contributed by atoms with Gasteiger partial charge in [0.15, 0.2) is 0 Å². The Balaban J connectivity index is 1.80. The van der Waals surface area contributed by atoms with E-state index in [9.17, 15) is 4.79 Å². The summed E-state index contributed by atoms with van der Waals surface area (Å²) in [6, 6.07) is 10.2. The highest BCUT2D eigenvalue weighted by atomic mass is 16.5. The predicted octanol–water partition coefficient (Wildman–Crippen LogP) is 7.81. The number of allylic oxidation sites excluding steroid dienone is 2. The molecule has 0 spiro atoms. The number of rotatable bonds is 18. The van der Waals surface area contributed by atoms with Crippen molar-refractivity contribution in [3.8, 4) is 0 Å². The van der Waals surface area contributed by atoms with Crippen molar-refractivity contribution < 1.29 is 9.53 Å². The van der Waals surface area contributed by atoms with Crippen molar-refractivity contribution in [1.29, 1.82) is 0 Å². The van der Waals surface area contributed by atoms with Gasteiger partial charge in [-0.05, 0) is 37.7 Å². The van der Waals surface area contributed by atoms with Gasteiger partial charge in [0, 0.05) is 12.8 Å². The molecule has 0 amide bonds. The normalized spacial score (nSPS) is 11.2. The Hall–Kier alpha value is -1.57. The maximum absolute atomic E-state index is 11.7. The first-order chi connectivity index (χ1) is 13.8. The second-order valence-corrected chi connectivity index (χ2v) is 7.79. The summed E-state index contributed by atoms with van der Waals surface area (Å²) in [5.74, 6) is -0.0441. The van der Waals surface area contributed by atoms with Crippen molar-refractivity contribution in [2.24, 2.45) is 0 Å². The molecule has 2 heteroatoms. The van der Waals surface area contributed by atoms with Crippen LogP contribution in [0.15, 0.2) is 42.5 Å². The molecule has 0 aliphatic rings. The molecular weight excluding hydrogens is 344 g/mol. The summed E-state index contributed by atoms with van der Waals surface area (Å²) in [5.41, 5.74) is 1.22. The first kappa shape index (κ1) is 24.5. The number of hydrogen-bond acceptors (Lipinski definition) is 2. The molecule has 1 aromatic carbocycles. The molecular formula is C26H42O2. The third kappa shape index (κ3) is 15.5. The molecule has 0 aliphatic carbocycles. The van der Waals surface area contributed by atoms with Crippen molar-refractivity contribution in [3.05, 3.63) is 48.0 Å². The van der Waals surface area contributed by atoms with Crippen LogP contribution >= 0.6 is 0 Å². The van der Waals surface area contributed by atoms with Gasteiger partial charge in [0.05, 0.1) is 6.61 Å². The van der Waals surface area contributed by atoms with Gasteiger partial charge in [-0.15, -0.1) is 0 Å². The Kier molecular flexibility index (Phi) is 16.4. The summed E-state index contributed by atoms with van der Waals surface area (Å²) >= 11 is 0. The minimum atomic E-state index is -0.0441. The Bertz CT molecular complexity index is 492. The molecule has 1 aromatic rings. The smallest absolute Gasteiger partial charge is 0.305 e. The standard InChI is InChI=1S/C26H42O2/c1-2-3-4-5-6-7-8-9-10-11-12-13-14-15-19-22-26(27)28-24-23-25-20-17-16-18-21-25/h7-8,16-18,20-21H,2-6,9-15,19,22-24H2,1H3/b8-7+. The fraction of sp³-hybridized carbons (Fsp3) is 0.654. The minimum absolute atomic E-state index is 0.0441. The van der Waals surface area contributed by atoms with E-state index in [0.29, 0.717) is 13.0 Å². The van der Waals surface area contributed by atoms with Gasteiger partial charge in [-0.2, -0.15) is 0 Å². The predicted molar refractivity (Wildman–Crippen MR) is 121 cm³/mol. The van der Waals surface area contributed by atoms with E-state index in [1.165, 1.54) is 76.2 Å². The molecule has 0 unspecified atom stereocenters. The molecule has 0 radical (unpaired) electrons. The van der Waals surface area contributed by atoms with Crippen LogP contribution in [0.1, 0.15) is 102 Å². The molecule has 0 N–H and O–H groups in total. The maximum atomic E-state index is 11.7. The van der Waals surface area contributed by atoms with Crippen LogP contribution in [0.4, 0.5) is 0 Å². The van der Waals surface area contributed by atoms with E-state index in [1.54, 1.807) is 0 Å². The number of esters is 1. The monoisotopic (exact) mass is 386 g/mol. The summed E-state index contributed by atoms with van der Waals surface area (Å²) in [6.07, 6.45) is 22.7. The SMILES string of the molecule is CCCCCC/C=C/CCCCCCCCCC(=O)OCCc1ccccc1. The second kappa shape index (κ2) is 18.8. The Morgan fingerprint density at radius 2 is 1.36 bits per heavy atom. The molecule has 0 bridgehead atoms. The molecule has 0 heterocycles. The molecule has 158 valence electrons. The zero-order chi connectivity index (χ0) is 20.1. The number of hydrogen-bond donors (Lipinski definition) is 0. The van der Waals surface area contributed by atoms with E-state index in [2.05, 4.69) is 31.2 Å². The van der Waals surface area contributed by atoms with E-state index in [4.69, 9.17) is 4.74 Å². The van der Waals surface area contributed by atoms with E-state index in [0.717, 1.165) is 19.3 Å². The average molecular weight is 387 g/mol. The Labute approximate surface area is 173 Å². The molecule has 1 rings (SSSR count). The third-order valence-electron chi connectivity index (χ3n) is 5.14. The molecule has 0 saturated carbocycles. The van der Waals surface area contributed by atoms with Crippen LogP contribution in [0.5, 0.6) is 0 Å². The molecule has 0 atom stereocenters. The lowest BCUT2D eigenvalue weighted by atomic mass is 10.1. The first-order valence-electron chi connectivity index (χ1n) is 11.7. The topological polar surface area (TPSA) is 26.3 Å². The third-order valence-corrected chi connectivity index (χ3v) is 5.14. The van der Waals surface area contributed by atoms with E-state index >= 15 is 0 Å². The van der Waals surface area contributed by atoms with Gasteiger partial charge in [0.25, 0.3) is 0 Å². The first-order valence-corrected chi connectivity index (χ1v) is 11.7. The van der Waals surface area contributed by atoms with Crippen LogP contribution in [0.3, 0.4) is 0 Å². The summed E-state index contributed by atoms with van der Waals surface area (Å²) in [7, 11) is 0. The van der Waals surface area contributed by atoms with Crippen molar-refractivity contribution in [3.63, 3.8) is 0 Å². The van der Waals surface area contributed by atoms with E-state index in [-0.39, 0.29) is 5.97 Å². The van der Waals surface area contributed by atoms with Crippen LogP contribution in [0.2, 0.25) is 0 Å². The zero-order valence-corrected chi connectivity index (χ0v) is 18.2. The van der Waals surface area contributed by atoms with Crippen LogP contribution in [-0.4, -0.2) is 12.6 Å². The molecule has 0 aliphatic heterocycles. The van der Waals surface area contributed by atoms with Gasteiger partial charge in [0.1, 0.15) is 0 Å². The van der Waals surface area contributed by atoms with Crippen LogP contribution in [-0.2, 0) is 16.0 Å². The molecule has 28 heavy (non-hydrogen) atoms. The number of unbranched alkanes of at least 4 members (excludes halogenated alkanes) is 11. The quantitative estimate of drug-likeness (QED) is 0.146. The van der Waals surface area contributed by atoms with Gasteiger partial charge in [-0.1, -0.05) is 101 Å². The zero-order valence-electron chi connectivity index (χ0n) is 18.2. The van der Waals surface area contributed by atoms with Gasteiger partial charge < -0.3 is 4.74 Å². The number of carbonyl (C=O) groups excluding carboxylic acids is 1. The van der Waals surface area contributed by atoms with E-state index in [1.807, 2.05) is 18.2 Å². The summed E-state index contributed by atoms with van der Waals surface area (Å²) < 4.78 is 5.32. The lowest BCUT2D eigenvalue weighted by Crippen LogP contribution is -2.07. The number of ether oxygens (including phenoxy) is 1. The molecule has 0 fully saturated rings. The second-order valence-electron chi connectivity index (χ2n) is 7.79. The average Bonchev–Trinajstić information content (AvgIpc) is 2.71. The van der Waals surface area contributed by atoms with Gasteiger partial charge in [-0.25, -0.2) is 0 Å². The molecule has 0 saturated heterocycles. The van der Waals surface area contributed by atoms with Gasteiger partial charge in [-0.3, -0.25) is 4.79 Å². The fourth-order valence-corrected chi connectivity index (χ4v) is 3.34. The van der Waals surface area contributed by atoms with Crippen molar-refractivity contribution in [2.75, 3.05) is 6.61 Å². The van der Waals surface area contributed by atoms with Crippen molar-refractivity contribution in [2.45, 2.75) is 103 Å². The highest BCUT2D eigenvalue weighted by molar-refractivity contribution is 5.69. The van der Waals surface area contributed by atoms with Crippen molar-refractivity contribution in [1.82, 2.24) is 0 Å². The maximum Gasteiger partial charge on any atom is 0.305 e. The highest BCUT2D eigenvalue weighted by Gasteiger charge is 2.02. The summed E-state index contributed by atoms with van der Waals surface area (Å²) in [5, 5.41) is 0. The molecule has 0 aromatic heterocycles.